The number of hydrogen-bond donors (Lipinski definition) is 1. The first kappa shape index (κ1) is 15.3. The van der Waals surface area contributed by atoms with E-state index in [1.54, 1.807) is 12.1 Å². The van der Waals surface area contributed by atoms with Gasteiger partial charge in [-0.15, -0.1) is 0 Å². The third-order valence-corrected chi connectivity index (χ3v) is 4.82. The van der Waals surface area contributed by atoms with Crippen LogP contribution in [0.15, 0.2) is 12.1 Å². The predicted molar refractivity (Wildman–Crippen MR) is 86.0 cm³/mol. The van der Waals surface area contributed by atoms with Crippen LogP contribution >= 0.6 is 23.4 Å². The summed E-state index contributed by atoms with van der Waals surface area (Å²) in [4.78, 5) is 14.1. The number of thioether (sulfide) groups is 1. The van der Waals surface area contributed by atoms with Gasteiger partial charge in [0.2, 0.25) is 0 Å². The maximum absolute atomic E-state index is 12.0. The molecule has 0 saturated carbocycles. The quantitative estimate of drug-likeness (QED) is 0.671. The van der Waals surface area contributed by atoms with Crippen molar-refractivity contribution >= 4 is 40.7 Å². The van der Waals surface area contributed by atoms with E-state index in [9.17, 15) is 4.79 Å². The minimum atomic E-state index is -0.412. The van der Waals surface area contributed by atoms with E-state index in [4.69, 9.17) is 22.1 Å². The Bertz CT molecular complexity index is 534. The number of nitrogens with two attached hydrogens (primary N) is 1. The Morgan fingerprint density at radius 3 is 2.80 bits per heavy atom. The van der Waals surface area contributed by atoms with Crippen LogP contribution in [-0.4, -0.2) is 36.7 Å². The Labute approximate surface area is 128 Å². The van der Waals surface area contributed by atoms with E-state index in [1.807, 2.05) is 11.8 Å². The van der Waals surface area contributed by atoms with E-state index >= 15 is 0 Å². The fourth-order valence-corrected chi connectivity index (χ4v) is 3.87. The largest absolute Gasteiger partial charge is 0.465 e. The Morgan fingerprint density at radius 1 is 1.50 bits per heavy atom. The molecule has 1 aliphatic heterocycles. The second-order valence-corrected chi connectivity index (χ2v) is 7.63. The molecule has 1 aromatic carbocycles. The lowest BCUT2D eigenvalue weighted by molar-refractivity contribution is 0.0601. The van der Waals surface area contributed by atoms with Gasteiger partial charge >= 0.3 is 5.97 Å². The van der Waals surface area contributed by atoms with Crippen molar-refractivity contribution in [3.05, 3.63) is 22.7 Å². The molecular weight excluding hydrogens is 296 g/mol. The molecule has 110 valence electrons. The molecule has 1 aromatic rings. The first-order valence-corrected chi connectivity index (χ1v) is 7.76. The van der Waals surface area contributed by atoms with Gasteiger partial charge in [0, 0.05) is 29.3 Å². The second-order valence-electron chi connectivity index (χ2n) is 5.42. The molecule has 0 bridgehead atoms. The van der Waals surface area contributed by atoms with Crippen molar-refractivity contribution in [3.8, 4) is 0 Å². The minimum absolute atomic E-state index is 0.121. The number of halogens is 1. The van der Waals surface area contributed by atoms with Crippen molar-refractivity contribution in [2.45, 2.75) is 18.6 Å². The smallest absolute Gasteiger partial charge is 0.340 e. The summed E-state index contributed by atoms with van der Waals surface area (Å²) in [6, 6.07) is 3.31. The molecule has 0 spiro atoms. The van der Waals surface area contributed by atoms with Crippen LogP contribution in [0.3, 0.4) is 0 Å². The highest BCUT2D eigenvalue weighted by molar-refractivity contribution is 8.00. The van der Waals surface area contributed by atoms with Crippen molar-refractivity contribution in [3.63, 3.8) is 0 Å². The lowest BCUT2D eigenvalue weighted by Gasteiger charge is -2.39. The fraction of sp³-hybridized carbons (Fsp3) is 0.500. The number of carbonyl (C=O) groups excluding carboxylic acids is 1. The summed E-state index contributed by atoms with van der Waals surface area (Å²) < 4.78 is 4.97. The molecule has 0 aromatic heterocycles. The Morgan fingerprint density at radius 2 is 2.20 bits per heavy atom. The van der Waals surface area contributed by atoms with Crippen molar-refractivity contribution < 1.29 is 9.53 Å². The van der Waals surface area contributed by atoms with Crippen LogP contribution in [0, 0.1) is 0 Å². The first-order chi connectivity index (χ1) is 9.34. The number of anilines is 2. The van der Waals surface area contributed by atoms with Gasteiger partial charge in [-0.25, -0.2) is 4.79 Å². The number of esters is 1. The standard InChI is InChI=1S/C14H19ClN2O2S/c1-14(2)8-17(4-5-20-14)12-10(13(18)19-3)6-9(16)7-11(12)15/h6-7H,4-5,8,16H2,1-3H3. The normalized spacial score (nSPS) is 17.9. The summed E-state index contributed by atoms with van der Waals surface area (Å²) in [5, 5.41) is 0.494. The summed E-state index contributed by atoms with van der Waals surface area (Å²) in [6.07, 6.45) is 0. The highest BCUT2D eigenvalue weighted by Gasteiger charge is 2.30. The molecule has 4 nitrogen and oxygen atoms in total. The van der Waals surface area contributed by atoms with Crippen molar-refractivity contribution in [1.82, 2.24) is 0 Å². The number of methoxy groups -OCH3 is 1. The SMILES string of the molecule is COC(=O)c1cc(N)cc(Cl)c1N1CCSC(C)(C)C1. The summed E-state index contributed by atoms with van der Waals surface area (Å²) in [7, 11) is 1.36. The maximum Gasteiger partial charge on any atom is 0.340 e. The van der Waals surface area contributed by atoms with Crippen molar-refractivity contribution in [1.29, 1.82) is 0 Å². The molecule has 1 heterocycles. The monoisotopic (exact) mass is 314 g/mol. The molecule has 2 rings (SSSR count). The highest BCUT2D eigenvalue weighted by atomic mass is 35.5. The van der Waals surface area contributed by atoms with Crippen LogP contribution in [0.1, 0.15) is 24.2 Å². The third-order valence-electron chi connectivity index (χ3n) is 3.23. The highest BCUT2D eigenvalue weighted by Crippen LogP contribution is 2.38. The molecule has 20 heavy (non-hydrogen) atoms. The van der Waals surface area contributed by atoms with E-state index in [2.05, 4.69) is 18.7 Å². The van der Waals surface area contributed by atoms with Gasteiger partial charge in [-0.3, -0.25) is 0 Å². The molecular formula is C14H19ClN2O2S. The molecule has 0 radical (unpaired) electrons. The Hall–Kier alpha value is -1.07. The van der Waals surface area contributed by atoms with E-state index in [0.29, 0.717) is 16.3 Å². The summed E-state index contributed by atoms with van der Waals surface area (Å²) in [6.45, 7) is 6.05. The lowest BCUT2D eigenvalue weighted by atomic mass is 10.1. The molecule has 1 fully saturated rings. The van der Waals surface area contributed by atoms with Crippen LogP contribution in [0.2, 0.25) is 5.02 Å². The second kappa shape index (κ2) is 5.74. The van der Waals surface area contributed by atoms with Gasteiger partial charge in [0.05, 0.1) is 23.4 Å². The van der Waals surface area contributed by atoms with E-state index in [0.717, 1.165) is 24.5 Å². The summed E-state index contributed by atoms with van der Waals surface area (Å²) in [5.41, 5.74) is 7.41. The van der Waals surface area contributed by atoms with Crippen molar-refractivity contribution in [2.24, 2.45) is 0 Å². The molecule has 6 heteroatoms. The number of rotatable bonds is 2. The Kier molecular flexibility index (Phi) is 4.39. The predicted octanol–water partition coefficient (Wildman–Crippen LogP) is 3.04. The van der Waals surface area contributed by atoms with Gasteiger partial charge in [0.1, 0.15) is 0 Å². The van der Waals surface area contributed by atoms with Crippen LogP contribution < -0.4 is 10.6 Å². The maximum atomic E-state index is 12.0. The fourth-order valence-electron chi connectivity index (χ4n) is 2.41. The zero-order chi connectivity index (χ0) is 14.9. The van der Waals surface area contributed by atoms with Crippen LogP contribution in [-0.2, 0) is 4.74 Å². The van der Waals surface area contributed by atoms with Gasteiger partial charge in [0.15, 0.2) is 0 Å². The van der Waals surface area contributed by atoms with Crippen LogP contribution in [0.4, 0.5) is 11.4 Å². The molecule has 1 saturated heterocycles. The van der Waals surface area contributed by atoms with Crippen LogP contribution in [0.5, 0.6) is 0 Å². The molecule has 0 atom stereocenters. The van der Waals surface area contributed by atoms with Gasteiger partial charge in [-0.1, -0.05) is 11.6 Å². The van der Waals surface area contributed by atoms with Gasteiger partial charge in [-0.05, 0) is 26.0 Å². The number of nitrogen functional groups attached to an aromatic ring is 1. The van der Waals surface area contributed by atoms with Crippen molar-refractivity contribution in [2.75, 3.05) is 36.6 Å². The zero-order valence-corrected chi connectivity index (χ0v) is 13.5. The topological polar surface area (TPSA) is 55.6 Å². The van der Waals surface area contributed by atoms with Crippen LogP contribution in [0.25, 0.3) is 0 Å². The van der Waals surface area contributed by atoms with Gasteiger partial charge in [-0.2, -0.15) is 11.8 Å². The third kappa shape index (κ3) is 3.15. The first-order valence-electron chi connectivity index (χ1n) is 6.40. The number of carbonyl (C=O) groups is 1. The average molecular weight is 315 g/mol. The van der Waals surface area contributed by atoms with E-state index < -0.39 is 5.97 Å². The van der Waals surface area contributed by atoms with Gasteiger partial charge < -0.3 is 15.4 Å². The number of hydrogen-bond acceptors (Lipinski definition) is 5. The lowest BCUT2D eigenvalue weighted by Crippen LogP contribution is -2.43. The number of nitrogens with zero attached hydrogens (tertiary/aromatic N) is 1. The average Bonchev–Trinajstić information content (AvgIpc) is 2.35. The molecule has 0 unspecified atom stereocenters. The minimum Gasteiger partial charge on any atom is -0.465 e. The van der Waals surface area contributed by atoms with Gasteiger partial charge in [0.25, 0.3) is 0 Å². The summed E-state index contributed by atoms with van der Waals surface area (Å²) >= 11 is 8.25. The molecule has 0 amide bonds. The molecule has 2 N–H and O–H groups in total. The zero-order valence-electron chi connectivity index (χ0n) is 11.9. The summed E-state index contributed by atoms with van der Waals surface area (Å²) in [5.74, 6) is 0.583. The number of ether oxygens (including phenoxy) is 1. The van der Waals surface area contributed by atoms with E-state index in [-0.39, 0.29) is 4.75 Å². The Balaban J connectivity index is 2.47. The van der Waals surface area contributed by atoms with E-state index in [1.165, 1.54) is 7.11 Å². The number of benzene rings is 1. The molecule has 1 aliphatic rings. The molecule has 0 aliphatic carbocycles.